The maximum Gasteiger partial charge on any atom is 0.337 e. The van der Waals surface area contributed by atoms with E-state index in [1.165, 1.54) is 6.07 Å². The maximum atomic E-state index is 10.9. The van der Waals surface area contributed by atoms with Crippen LogP contribution in [0.4, 0.5) is 0 Å². The van der Waals surface area contributed by atoms with Crippen LogP contribution in [0.5, 0.6) is 0 Å². The second kappa shape index (κ2) is 4.29. The molecule has 0 heterocycles. The van der Waals surface area contributed by atoms with Crippen molar-refractivity contribution in [3.8, 4) is 11.8 Å². The number of rotatable bonds is 1. The summed E-state index contributed by atoms with van der Waals surface area (Å²) in [6.07, 6.45) is 0. The third-order valence-electron chi connectivity index (χ3n) is 1.81. The zero-order chi connectivity index (χ0) is 11.4. The van der Waals surface area contributed by atoms with E-state index in [-0.39, 0.29) is 5.56 Å². The van der Waals surface area contributed by atoms with Crippen molar-refractivity contribution in [3.05, 3.63) is 34.9 Å². The van der Waals surface area contributed by atoms with Crippen LogP contribution in [0.15, 0.2) is 18.2 Å². The quantitative estimate of drug-likeness (QED) is 0.653. The molecule has 0 fully saturated rings. The van der Waals surface area contributed by atoms with Gasteiger partial charge >= 0.3 is 5.97 Å². The molecule has 0 aromatic heterocycles. The zero-order valence-corrected chi connectivity index (χ0v) is 8.07. The molecule has 0 saturated carbocycles. The molecule has 1 rings (SSSR count). The first-order valence-electron chi connectivity index (χ1n) is 4.16. The van der Waals surface area contributed by atoms with Crippen LogP contribution in [0, 0.1) is 18.8 Å². The molecule has 0 unspecified atom stereocenters. The van der Waals surface area contributed by atoms with Crippen LogP contribution >= 0.6 is 0 Å². The van der Waals surface area contributed by atoms with E-state index < -0.39 is 11.9 Å². The number of aromatic carboxylic acids is 1. The average Bonchev–Trinajstić information content (AvgIpc) is 2.13. The van der Waals surface area contributed by atoms with Gasteiger partial charge in [0.2, 0.25) is 0 Å². The lowest BCUT2D eigenvalue weighted by atomic mass is 10.0. The number of carbonyl (C=O) groups excluding carboxylic acids is 1. The van der Waals surface area contributed by atoms with E-state index in [2.05, 4.69) is 11.8 Å². The van der Waals surface area contributed by atoms with Gasteiger partial charge < -0.3 is 10.8 Å². The SMILES string of the molecule is Cc1cccc(C#CC(N)=O)c1C(=O)O. The van der Waals surface area contributed by atoms with Gasteiger partial charge in [0.05, 0.1) is 5.56 Å². The maximum absolute atomic E-state index is 10.9. The summed E-state index contributed by atoms with van der Waals surface area (Å²) in [5.41, 5.74) is 5.84. The molecule has 15 heavy (non-hydrogen) atoms. The van der Waals surface area contributed by atoms with Crippen LogP contribution in [-0.2, 0) is 4.79 Å². The number of carboxylic acids is 1. The molecule has 1 aromatic rings. The van der Waals surface area contributed by atoms with Gasteiger partial charge in [-0.25, -0.2) is 4.79 Å². The molecule has 0 aliphatic rings. The Morgan fingerprint density at radius 1 is 1.40 bits per heavy atom. The highest BCUT2D eigenvalue weighted by Crippen LogP contribution is 2.12. The Bertz CT molecular complexity index is 480. The lowest BCUT2D eigenvalue weighted by Crippen LogP contribution is -2.07. The third kappa shape index (κ3) is 2.58. The highest BCUT2D eigenvalue weighted by molar-refractivity contribution is 5.95. The number of benzene rings is 1. The zero-order valence-electron chi connectivity index (χ0n) is 8.07. The normalized spacial score (nSPS) is 8.87. The van der Waals surface area contributed by atoms with Gasteiger partial charge in [0.25, 0.3) is 5.91 Å². The highest BCUT2D eigenvalue weighted by Gasteiger charge is 2.10. The fraction of sp³-hybridized carbons (Fsp3) is 0.0909. The number of hydrogen-bond donors (Lipinski definition) is 2. The smallest absolute Gasteiger partial charge is 0.337 e. The molecule has 0 bridgehead atoms. The Balaban J connectivity index is 3.31. The lowest BCUT2D eigenvalue weighted by molar-refractivity contribution is -0.112. The van der Waals surface area contributed by atoms with Crippen molar-refractivity contribution in [1.82, 2.24) is 0 Å². The minimum atomic E-state index is -1.07. The van der Waals surface area contributed by atoms with Crippen LogP contribution < -0.4 is 5.73 Å². The van der Waals surface area contributed by atoms with Crippen molar-refractivity contribution in [2.75, 3.05) is 0 Å². The van der Waals surface area contributed by atoms with E-state index in [1.807, 2.05) is 0 Å². The van der Waals surface area contributed by atoms with Gasteiger partial charge in [-0.15, -0.1) is 0 Å². The topological polar surface area (TPSA) is 80.4 Å². The van der Waals surface area contributed by atoms with Gasteiger partial charge in [-0.1, -0.05) is 18.1 Å². The summed E-state index contributed by atoms with van der Waals surface area (Å²) in [6, 6.07) is 4.87. The van der Waals surface area contributed by atoms with Gasteiger partial charge in [0.1, 0.15) is 0 Å². The van der Waals surface area contributed by atoms with Crippen LogP contribution in [0.25, 0.3) is 0 Å². The molecular weight excluding hydrogens is 194 g/mol. The number of carboxylic acid groups (broad SMARTS) is 1. The van der Waals surface area contributed by atoms with Crippen molar-refractivity contribution >= 4 is 11.9 Å². The lowest BCUT2D eigenvalue weighted by Gasteiger charge is -2.02. The van der Waals surface area contributed by atoms with Crippen molar-refractivity contribution < 1.29 is 14.7 Å². The number of nitrogens with two attached hydrogens (primary N) is 1. The summed E-state index contributed by atoms with van der Waals surface area (Å²) in [5.74, 6) is 2.69. The van der Waals surface area contributed by atoms with Gasteiger partial charge in [-0.2, -0.15) is 0 Å². The Morgan fingerprint density at radius 2 is 2.07 bits per heavy atom. The summed E-state index contributed by atoms with van der Waals surface area (Å²) < 4.78 is 0. The number of carbonyl (C=O) groups is 2. The second-order valence-corrected chi connectivity index (χ2v) is 2.92. The first-order chi connectivity index (χ1) is 7.02. The molecule has 4 heteroatoms. The van der Waals surface area contributed by atoms with Crippen LogP contribution in [0.1, 0.15) is 21.5 Å². The van der Waals surface area contributed by atoms with Crippen molar-refractivity contribution in [2.24, 2.45) is 5.73 Å². The second-order valence-electron chi connectivity index (χ2n) is 2.92. The van der Waals surface area contributed by atoms with E-state index in [4.69, 9.17) is 10.8 Å². The van der Waals surface area contributed by atoms with Gasteiger partial charge in [-0.3, -0.25) is 4.79 Å². The minimum absolute atomic E-state index is 0.103. The molecule has 0 saturated heterocycles. The molecule has 0 aliphatic carbocycles. The predicted molar refractivity (Wildman–Crippen MR) is 54.2 cm³/mol. The fourth-order valence-electron chi connectivity index (χ4n) is 1.18. The monoisotopic (exact) mass is 203 g/mol. The Labute approximate surface area is 86.7 Å². The Kier molecular flexibility index (Phi) is 3.09. The fourth-order valence-corrected chi connectivity index (χ4v) is 1.18. The molecule has 76 valence electrons. The highest BCUT2D eigenvalue weighted by atomic mass is 16.4. The molecule has 0 spiro atoms. The Hall–Kier alpha value is -2.28. The molecule has 0 radical (unpaired) electrons. The summed E-state index contributed by atoms with van der Waals surface area (Å²) in [4.78, 5) is 21.3. The Morgan fingerprint density at radius 3 is 2.60 bits per heavy atom. The number of amides is 1. The molecule has 0 aliphatic heterocycles. The van der Waals surface area contributed by atoms with Crippen molar-refractivity contribution in [2.45, 2.75) is 6.92 Å². The van der Waals surface area contributed by atoms with E-state index in [9.17, 15) is 9.59 Å². The van der Waals surface area contributed by atoms with E-state index >= 15 is 0 Å². The van der Waals surface area contributed by atoms with Crippen molar-refractivity contribution in [3.63, 3.8) is 0 Å². The van der Waals surface area contributed by atoms with Gasteiger partial charge in [0, 0.05) is 11.5 Å². The molecule has 1 aromatic carbocycles. The molecular formula is C11H9NO3. The first-order valence-corrected chi connectivity index (χ1v) is 4.16. The van der Waals surface area contributed by atoms with E-state index in [0.29, 0.717) is 11.1 Å². The average molecular weight is 203 g/mol. The summed E-state index contributed by atoms with van der Waals surface area (Å²) in [6.45, 7) is 1.67. The molecule has 0 atom stereocenters. The van der Waals surface area contributed by atoms with Crippen LogP contribution in [0.2, 0.25) is 0 Å². The van der Waals surface area contributed by atoms with E-state index in [0.717, 1.165) is 0 Å². The van der Waals surface area contributed by atoms with Gasteiger partial charge in [0.15, 0.2) is 0 Å². The summed E-state index contributed by atoms with van der Waals surface area (Å²) in [5, 5.41) is 8.93. The first kappa shape index (κ1) is 10.8. The molecule has 4 nitrogen and oxygen atoms in total. The molecule has 3 N–H and O–H groups in total. The van der Waals surface area contributed by atoms with Crippen molar-refractivity contribution in [1.29, 1.82) is 0 Å². The summed E-state index contributed by atoms with van der Waals surface area (Å²) in [7, 11) is 0. The van der Waals surface area contributed by atoms with E-state index in [1.54, 1.807) is 19.1 Å². The molecule has 1 amide bonds. The largest absolute Gasteiger partial charge is 0.478 e. The van der Waals surface area contributed by atoms with Crippen LogP contribution in [0.3, 0.4) is 0 Å². The number of aryl methyl sites for hydroxylation is 1. The summed E-state index contributed by atoms with van der Waals surface area (Å²) >= 11 is 0. The minimum Gasteiger partial charge on any atom is -0.478 e. The van der Waals surface area contributed by atoms with Crippen LogP contribution in [-0.4, -0.2) is 17.0 Å². The standard InChI is InChI=1S/C11H9NO3/c1-7-3-2-4-8(5-6-9(12)13)10(7)11(14)15/h2-4H,1H3,(H2,12,13)(H,14,15). The number of hydrogen-bond acceptors (Lipinski definition) is 2. The number of primary amides is 1. The predicted octanol–water partition coefficient (Wildman–Crippen LogP) is 0.530. The van der Waals surface area contributed by atoms with Gasteiger partial charge in [-0.05, 0) is 18.6 Å². The third-order valence-corrected chi connectivity index (χ3v) is 1.81.